The van der Waals surface area contributed by atoms with Gasteiger partial charge in [0.1, 0.15) is 0 Å². The maximum absolute atomic E-state index is 11.4. The second kappa shape index (κ2) is 6.21. The van der Waals surface area contributed by atoms with Crippen molar-refractivity contribution in [1.29, 1.82) is 0 Å². The van der Waals surface area contributed by atoms with Gasteiger partial charge < -0.3 is 20.9 Å². The molecule has 0 aromatic heterocycles. The molecule has 0 aromatic rings. The average molecular weight is 240 g/mol. The zero-order valence-corrected chi connectivity index (χ0v) is 10.5. The van der Waals surface area contributed by atoms with E-state index in [2.05, 4.69) is 10.2 Å². The largest absolute Gasteiger partial charge is 0.336 e. The molecule has 0 unspecified atom stereocenters. The van der Waals surface area contributed by atoms with Crippen LogP contribution in [-0.2, 0) is 0 Å². The highest BCUT2D eigenvalue weighted by molar-refractivity contribution is 5.76. The Hall–Kier alpha value is -0.810. The van der Waals surface area contributed by atoms with Crippen molar-refractivity contribution in [3.63, 3.8) is 0 Å². The Kier molecular flexibility index (Phi) is 4.62. The highest BCUT2D eigenvalue weighted by Crippen LogP contribution is 2.19. The van der Waals surface area contributed by atoms with E-state index in [1.54, 1.807) is 0 Å². The molecular weight excluding hydrogens is 216 g/mol. The third-order valence-electron chi connectivity index (χ3n) is 3.91. The molecule has 98 valence electrons. The number of nitrogens with two attached hydrogens (primary N) is 1. The second-order valence-corrected chi connectivity index (χ2v) is 5.08. The summed E-state index contributed by atoms with van der Waals surface area (Å²) >= 11 is 0. The van der Waals surface area contributed by atoms with Gasteiger partial charge in [0.15, 0.2) is 0 Å². The number of hydrogen-bond donors (Lipinski definition) is 2. The van der Waals surface area contributed by atoms with Crippen LogP contribution < -0.4 is 11.1 Å². The van der Waals surface area contributed by atoms with Crippen LogP contribution in [0.15, 0.2) is 0 Å². The summed E-state index contributed by atoms with van der Waals surface area (Å²) in [5, 5.41) is 2.84. The maximum atomic E-state index is 11.4. The molecule has 0 spiro atoms. The maximum Gasteiger partial charge on any atom is 0.317 e. The van der Waals surface area contributed by atoms with Gasteiger partial charge in [-0.25, -0.2) is 4.79 Å². The molecule has 2 aliphatic rings. The van der Waals surface area contributed by atoms with E-state index in [1.165, 1.54) is 32.4 Å². The lowest BCUT2D eigenvalue weighted by molar-refractivity contribution is 0.162. The van der Waals surface area contributed by atoms with E-state index < -0.39 is 0 Å². The summed E-state index contributed by atoms with van der Waals surface area (Å²) in [7, 11) is 0. The van der Waals surface area contributed by atoms with Gasteiger partial charge in [0.2, 0.25) is 0 Å². The summed E-state index contributed by atoms with van der Waals surface area (Å²) in [5.74, 6) is 0.825. The standard InChI is InChI=1S/C12H24N4O/c13-4-1-11-2-6-15(7-3-11)9-10-16-8-5-14-12(16)17/h11H,1-10,13H2,(H,14,17). The molecule has 0 atom stereocenters. The lowest BCUT2D eigenvalue weighted by Gasteiger charge is -2.32. The fraction of sp³-hybridized carbons (Fsp3) is 0.917. The van der Waals surface area contributed by atoms with E-state index in [1.807, 2.05) is 4.90 Å². The van der Waals surface area contributed by atoms with E-state index in [9.17, 15) is 4.79 Å². The number of hydrogen-bond acceptors (Lipinski definition) is 3. The predicted octanol–water partition coefficient (Wildman–Crippen LogP) is 0.0724. The van der Waals surface area contributed by atoms with Crippen LogP contribution in [-0.4, -0.2) is 61.6 Å². The number of carbonyl (C=O) groups is 1. The molecule has 2 rings (SSSR count). The molecule has 17 heavy (non-hydrogen) atoms. The molecule has 2 heterocycles. The Labute approximate surface area is 103 Å². The molecule has 2 amide bonds. The van der Waals surface area contributed by atoms with Gasteiger partial charge in [-0.2, -0.15) is 0 Å². The van der Waals surface area contributed by atoms with E-state index in [0.29, 0.717) is 0 Å². The average Bonchev–Trinajstić information content (AvgIpc) is 2.75. The number of nitrogens with zero attached hydrogens (tertiary/aromatic N) is 2. The monoisotopic (exact) mass is 240 g/mol. The molecule has 0 aromatic carbocycles. The predicted molar refractivity (Wildman–Crippen MR) is 67.8 cm³/mol. The number of amides is 2. The Bertz CT molecular complexity index is 251. The van der Waals surface area contributed by atoms with Crippen molar-refractivity contribution in [2.45, 2.75) is 19.3 Å². The molecule has 5 nitrogen and oxygen atoms in total. The zero-order valence-electron chi connectivity index (χ0n) is 10.5. The van der Waals surface area contributed by atoms with Crippen molar-refractivity contribution in [2.75, 3.05) is 45.8 Å². The van der Waals surface area contributed by atoms with Gasteiger partial charge in [0.05, 0.1) is 0 Å². The van der Waals surface area contributed by atoms with Gasteiger partial charge in [-0.05, 0) is 44.8 Å². The van der Waals surface area contributed by atoms with Crippen LogP contribution in [0.3, 0.4) is 0 Å². The molecule has 3 N–H and O–H groups in total. The quantitative estimate of drug-likeness (QED) is 0.715. The Morgan fingerprint density at radius 1 is 1.24 bits per heavy atom. The van der Waals surface area contributed by atoms with E-state index in [4.69, 9.17) is 5.73 Å². The molecule has 0 saturated carbocycles. The van der Waals surface area contributed by atoms with Crippen LogP contribution >= 0.6 is 0 Å². The number of urea groups is 1. The molecule has 0 aliphatic carbocycles. The first-order chi connectivity index (χ1) is 8.29. The smallest absolute Gasteiger partial charge is 0.317 e. The third kappa shape index (κ3) is 3.57. The third-order valence-corrected chi connectivity index (χ3v) is 3.91. The SMILES string of the molecule is NCCC1CCN(CCN2CCNC2=O)CC1. The molecule has 2 saturated heterocycles. The van der Waals surface area contributed by atoms with Crippen molar-refractivity contribution in [2.24, 2.45) is 11.7 Å². The summed E-state index contributed by atoms with van der Waals surface area (Å²) in [6.07, 6.45) is 3.70. The summed E-state index contributed by atoms with van der Waals surface area (Å²) in [4.78, 5) is 15.7. The number of nitrogens with one attached hydrogen (secondary N) is 1. The van der Waals surface area contributed by atoms with Crippen molar-refractivity contribution in [3.05, 3.63) is 0 Å². The molecule has 2 fully saturated rings. The van der Waals surface area contributed by atoms with Crippen molar-refractivity contribution in [1.82, 2.24) is 15.1 Å². The molecule has 0 bridgehead atoms. The first-order valence-electron chi connectivity index (χ1n) is 6.75. The first kappa shape index (κ1) is 12.6. The minimum Gasteiger partial charge on any atom is -0.336 e. The van der Waals surface area contributed by atoms with Crippen LogP contribution in [0.4, 0.5) is 4.79 Å². The highest BCUT2D eigenvalue weighted by Gasteiger charge is 2.22. The lowest BCUT2D eigenvalue weighted by atomic mass is 9.94. The molecule has 2 aliphatic heterocycles. The topological polar surface area (TPSA) is 61.6 Å². The Morgan fingerprint density at radius 3 is 2.59 bits per heavy atom. The normalized spacial score (nSPS) is 23.1. The van der Waals surface area contributed by atoms with E-state index in [0.717, 1.165) is 38.6 Å². The summed E-state index contributed by atoms with van der Waals surface area (Å²) < 4.78 is 0. The van der Waals surface area contributed by atoms with Gasteiger partial charge in [-0.3, -0.25) is 0 Å². The summed E-state index contributed by atoms with van der Waals surface area (Å²) in [5.41, 5.74) is 5.59. The number of piperidine rings is 1. The van der Waals surface area contributed by atoms with Crippen LogP contribution in [0, 0.1) is 5.92 Å². The highest BCUT2D eigenvalue weighted by atomic mass is 16.2. The fourth-order valence-electron chi connectivity index (χ4n) is 2.72. The molecular formula is C12H24N4O. The van der Waals surface area contributed by atoms with Gasteiger partial charge in [-0.1, -0.05) is 0 Å². The van der Waals surface area contributed by atoms with E-state index in [-0.39, 0.29) is 6.03 Å². The van der Waals surface area contributed by atoms with Crippen molar-refractivity contribution < 1.29 is 4.79 Å². The number of carbonyl (C=O) groups excluding carboxylic acids is 1. The number of rotatable bonds is 5. The van der Waals surface area contributed by atoms with Crippen LogP contribution in [0.5, 0.6) is 0 Å². The van der Waals surface area contributed by atoms with Crippen LogP contribution in [0.2, 0.25) is 0 Å². The van der Waals surface area contributed by atoms with Gasteiger partial charge >= 0.3 is 6.03 Å². The van der Waals surface area contributed by atoms with Gasteiger partial charge in [0, 0.05) is 26.2 Å². The Morgan fingerprint density at radius 2 is 2.00 bits per heavy atom. The minimum atomic E-state index is 0.100. The van der Waals surface area contributed by atoms with Gasteiger partial charge in [-0.15, -0.1) is 0 Å². The summed E-state index contributed by atoms with van der Waals surface area (Å²) in [6.45, 7) is 6.70. The molecule has 0 radical (unpaired) electrons. The van der Waals surface area contributed by atoms with Crippen molar-refractivity contribution in [3.8, 4) is 0 Å². The zero-order chi connectivity index (χ0) is 12.1. The summed E-state index contributed by atoms with van der Waals surface area (Å²) in [6, 6.07) is 0.100. The van der Waals surface area contributed by atoms with E-state index >= 15 is 0 Å². The van der Waals surface area contributed by atoms with Crippen molar-refractivity contribution >= 4 is 6.03 Å². The first-order valence-corrected chi connectivity index (χ1v) is 6.75. The lowest BCUT2D eigenvalue weighted by Crippen LogP contribution is -2.40. The Balaban J connectivity index is 1.63. The van der Waals surface area contributed by atoms with Crippen LogP contribution in [0.1, 0.15) is 19.3 Å². The second-order valence-electron chi connectivity index (χ2n) is 5.08. The fourth-order valence-corrected chi connectivity index (χ4v) is 2.72. The molecule has 5 heteroatoms. The van der Waals surface area contributed by atoms with Gasteiger partial charge in [0.25, 0.3) is 0 Å². The minimum absolute atomic E-state index is 0.100. The van der Waals surface area contributed by atoms with Crippen LogP contribution in [0.25, 0.3) is 0 Å². The number of likely N-dealkylation sites (tertiary alicyclic amines) is 1.